The highest BCUT2D eigenvalue weighted by Crippen LogP contribution is 2.14. The van der Waals surface area contributed by atoms with E-state index in [2.05, 4.69) is 17.3 Å². The van der Waals surface area contributed by atoms with Crippen LogP contribution >= 0.6 is 0 Å². The molecule has 30 heavy (non-hydrogen) atoms. The smallest absolute Gasteiger partial charge is 0.359 e. The molecule has 1 aromatic carbocycles. The molecule has 0 atom stereocenters. The number of rotatable bonds is 10. The Kier molecular flexibility index (Phi) is 8.52. The van der Waals surface area contributed by atoms with Gasteiger partial charge >= 0.3 is 5.97 Å². The van der Waals surface area contributed by atoms with Crippen molar-refractivity contribution in [3.05, 3.63) is 40.3 Å². The maximum atomic E-state index is 12.7. The third kappa shape index (κ3) is 6.13. The minimum atomic E-state index is -0.803. The summed E-state index contributed by atoms with van der Waals surface area (Å²) >= 11 is 0. The number of ether oxygens (including phenoxy) is 1. The summed E-state index contributed by atoms with van der Waals surface area (Å²) in [4.78, 5) is 50.0. The highest BCUT2D eigenvalue weighted by atomic mass is 16.5. The van der Waals surface area contributed by atoms with Crippen molar-refractivity contribution in [3.63, 3.8) is 0 Å². The van der Waals surface area contributed by atoms with Crippen LogP contribution in [0.3, 0.4) is 0 Å². The van der Waals surface area contributed by atoms with Crippen LogP contribution in [0.1, 0.15) is 43.1 Å². The average Bonchev–Trinajstić information content (AvgIpc) is 2.74. The molecule has 0 spiro atoms. The van der Waals surface area contributed by atoms with Crippen LogP contribution in [0.2, 0.25) is 0 Å². The number of benzene rings is 1. The second kappa shape index (κ2) is 11.1. The van der Waals surface area contributed by atoms with E-state index >= 15 is 0 Å². The van der Waals surface area contributed by atoms with Crippen molar-refractivity contribution >= 4 is 28.6 Å². The molecule has 0 bridgehead atoms. The Morgan fingerprint density at radius 2 is 1.80 bits per heavy atom. The van der Waals surface area contributed by atoms with Crippen molar-refractivity contribution in [2.24, 2.45) is 0 Å². The van der Waals surface area contributed by atoms with Gasteiger partial charge in [0.2, 0.25) is 5.91 Å². The monoisotopic (exact) mass is 416 g/mol. The van der Waals surface area contributed by atoms with Gasteiger partial charge in [0.15, 0.2) is 12.3 Å². The Labute approximate surface area is 175 Å². The van der Waals surface area contributed by atoms with Gasteiger partial charge in [0, 0.05) is 26.0 Å². The van der Waals surface area contributed by atoms with E-state index in [1.165, 1.54) is 9.58 Å². The van der Waals surface area contributed by atoms with Crippen molar-refractivity contribution in [1.82, 2.24) is 20.0 Å². The lowest BCUT2D eigenvalue weighted by atomic mass is 10.1. The molecule has 2 amide bonds. The summed E-state index contributed by atoms with van der Waals surface area (Å²) < 4.78 is 6.36. The summed E-state index contributed by atoms with van der Waals surface area (Å²) in [7, 11) is 3.14. The van der Waals surface area contributed by atoms with Crippen molar-refractivity contribution in [1.29, 1.82) is 0 Å². The first kappa shape index (κ1) is 23.1. The summed E-state index contributed by atoms with van der Waals surface area (Å²) in [6, 6.07) is 6.68. The minimum absolute atomic E-state index is 0.0159. The summed E-state index contributed by atoms with van der Waals surface area (Å²) in [5, 5.41) is 7.34. The largest absolute Gasteiger partial charge is 0.451 e. The van der Waals surface area contributed by atoms with E-state index in [1.54, 1.807) is 38.4 Å². The molecule has 0 aliphatic rings. The molecule has 9 heteroatoms. The number of nitrogens with one attached hydrogen (secondary N) is 1. The minimum Gasteiger partial charge on any atom is -0.451 e. The molecule has 0 radical (unpaired) electrons. The quantitative estimate of drug-likeness (QED) is 0.462. The summed E-state index contributed by atoms with van der Waals surface area (Å²) in [6.07, 6.45) is 3.86. The SMILES string of the molecule is CCCCCCn1nc(C(=O)OCC(=O)NCC(=O)N(C)C)c2ccccc2c1=O. The van der Waals surface area contributed by atoms with E-state index in [-0.39, 0.29) is 23.7 Å². The van der Waals surface area contributed by atoms with Crippen LogP contribution in [0.5, 0.6) is 0 Å². The van der Waals surface area contributed by atoms with Gasteiger partial charge in [0.1, 0.15) is 0 Å². The molecular formula is C21H28N4O5. The molecule has 2 aromatic rings. The Morgan fingerprint density at radius 3 is 2.47 bits per heavy atom. The number of carbonyl (C=O) groups excluding carboxylic acids is 3. The maximum Gasteiger partial charge on any atom is 0.359 e. The van der Waals surface area contributed by atoms with E-state index in [9.17, 15) is 19.2 Å². The third-order valence-corrected chi connectivity index (χ3v) is 4.55. The lowest BCUT2D eigenvalue weighted by molar-refractivity contribution is -0.131. The standard InChI is InChI=1S/C21H28N4O5/c1-4-5-6-9-12-25-20(28)16-11-8-7-10-15(16)19(23-25)21(29)30-14-17(26)22-13-18(27)24(2)3/h7-8,10-11H,4-6,9,12-14H2,1-3H3,(H,22,26). The Bertz CT molecular complexity index is 968. The van der Waals surface area contributed by atoms with Gasteiger partial charge in [-0.3, -0.25) is 14.4 Å². The first-order chi connectivity index (χ1) is 14.3. The van der Waals surface area contributed by atoms with Gasteiger partial charge < -0.3 is 15.0 Å². The number of esters is 1. The lowest BCUT2D eigenvalue weighted by Crippen LogP contribution is -2.38. The van der Waals surface area contributed by atoms with Crippen LogP contribution in [-0.2, 0) is 20.9 Å². The zero-order valence-corrected chi connectivity index (χ0v) is 17.6. The Morgan fingerprint density at radius 1 is 1.10 bits per heavy atom. The van der Waals surface area contributed by atoms with E-state index < -0.39 is 18.5 Å². The summed E-state index contributed by atoms with van der Waals surface area (Å²) in [5.41, 5.74) is -0.281. The molecule has 1 heterocycles. The van der Waals surface area contributed by atoms with Crippen LogP contribution in [0.25, 0.3) is 10.8 Å². The number of aryl methyl sites for hydroxylation is 1. The van der Waals surface area contributed by atoms with Gasteiger partial charge in [-0.25, -0.2) is 9.48 Å². The molecule has 0 aliphatic heterocycles. The van der Waals surface area contributed by atoms with Crippen LogP contribution in [0, 0.1) is 0 Å². The molecule has 2 rings (SSSR count). The van der Waals surface area contributed by atoms with Crippen molar-refractivity contribution in [2.45, 2.75) is 39.2 Å². The van der Waals surface area contributed by atoms with E-state index in [0.29, 0.717) is 17.3 Å². The predicted molar refractivity (Wildman–Crippen MR) is 112 cm³/mol. The fraction of sp³-hybridized carbons (Fsp3) is 0.476. The lowest BCUT2D eigenvalue weighted by Gasteiger charge is -2.12. The van der Waals surface area contributed by atoms with Crippen LogP contribution in [0.4, 0.5) is 0 Å². The van der Waals surface area contributed by atoms with Gasteiger partial charge in [-0.05, 0) is 12.5 Å². The van der Waals surface area contributed by atoms with Gasteiger partial charge in [0.05, 0.1) is 11.9 Å². The zero-order chi connectivity index (χ0) is 22.1. The molecule has 0 aliphatic carbocycles. The number of aromatic nitrogens is 2. The molecule has 0 saturated carbocycles. The molecular weight excluding hydrogens is 388 g/mol. The Balaban J connectivity index is 2.13. The van der Waals surface area contributed by atoms with E-state index in [4.69, 9.17) is 4.74 Å². The highest BCUT2D eigenvalue weighted by Gasteiger charge is 2.19. The molecule has 0 fully saturated rings. The van der Waals surface area contributed by atoms with Gasteiger partial charge in [-0.2, -0.15) is 5.10 Å². The number of hydrogen-bond acceptors (Lipinski definition) is 6. The molecule has 1 aromatic heterocycles. The topological polar surface area (TPSA) is 111 Å². The molecule has 9 nitrogen and oxygen atoms in total. The van der Waals surface area contributed by atoms with E-state index in [1.807, 2.05) is 0 Å². The van der Waals surface area contributed by atoms with Crippen LogP contribution < -0.4 is 10.9 Å². The highest BCUT2D eigenvalue weighted by molar-refractivity contribution is 6.02. The number of amides is 2. The number of fused-ring (bicyclic) bond motifs is 1. The fourth-order valence-corrected chi connectivity index (χ4v) is 2.81. The third-order valence-electron chi connectivity index (χ3n) is 4.55. The number of carbonyl (C=O) groups is 3. The van der Waals surface area contributed by atoms with Gasteiger partial charge in [-0.1, -0.05) is 44.4 Å². The molecule has 1 N–H and O–H groups in total. The van der Waals surface area contributed by atoms with Crippen molar-refractivity contribution < 1.29 is 19.1 Å². The first-order valence-electron chi connectivity index (χ1n) is 9.99. The van der Waals surface area contributed by atoms with Gasteiger partial charge in [-0.15, -0.1) is 0 Å². The average molecular weight is 416 g/mol. The van der Waals surface area contributed by atoms with Crippen molar-refractivity contribution in [3.8, 4) is 0 Å². The van der Waals surface area contributed by atoms with Gasteiger partial charge in [0.25, 0.3) is 11.5 Å². The van der Waals surface area contributed by atoms with Crippen molar-refractivity contribution in [2.75, 3.05) is 27.2 Å². The summed E-state index contributed by atoms with van der Waals surface area (Å²) in [5.74, 6) is -1.68. The fourth-order valence-electron chi connectivity index (χ4n) is 2.81. The molecule has 0 saturated heterocycles. The second-order valence-electron chi connectivity index (χ2n) is 7.12. The molecule has 162 valence electrons. The maximum absolute atomic E-state index is 12.7. The van der Waals surface area contributed by atoms with Crippen LogP contribution in [-0.4, -0.2) is 59.7 Å². The van der Waals surface area contributed by atoms with Crippen LogP contribution in [0.15, 0.2) is 29.1 Å². The normalized spacial score (nSPS) is 10.6. The second-order valence-corrected chi connectivity index (χ2v) is 7.12. The molecule has 0 unspecified atom stereocenters. The first-order valence-corrected chi connectivity index (χ1v) is 9.99. The number of unbranched alkanes of at least 4 members (excludes halogenated alkanes) is 3. The predicted octanol–water partition coefficient (Wildman–Crippen LogP) is 1.34. The number of hydrogen-bond donors (Lipinski definition) is 1. The Hall–Kier alpha value is -3.23. The number of nitrogens with zero attached hydrogens (tertiary/aromatic N) is 3. The number of likely N-dealkylation sites (N-methyl/N-ethyl adjacent to an activating group) is 1. The van der Waals surface area contributed by atoms with E-state index in [0.717, 1.165) is 25.7 Å². The summed E-state index contributed by atoms with van der Waals surface area (Å²) in [6.45, 7) is 1.76. The zero-order valence-electron chi connectivity index (χ0n) is 17.6.